The van der Waals surface area contributed by atoms with Crippen molar-refractivity contribution < 1.29 is 9.84 Å². The van der Waals surface area contributed by atoms with E-state index in [-0.39, 0.29) is 12.2 Å². The highest BCUT2D eigenvalue weighted by atomic mass is 16.5. The molecule has 0 aromatic rings. The molecule has 14 heavy (non-hydrogen) atoms. The van der Waals surface area contributed by atoms with Gasteiger partial charge < -0.3 is 9.84 Å². The third-order valence-corrected chi connectivity index (χ3v) is 3.23. The highest BCUT2D eigenvalue weighted by molar-refractivity contribution is 4.77. The summed E-state index contributed by atoms with van der Waals surface area (Å²) in [5, 5.41) is 9.78. The molecule has 0 heterocycles. The number of aliphatic hydroxyl groups excluding tert-OH is 1. The van der Waals surface area contributed by atoms with Gasteiger partial charge in [0.25, 0.3) is 0 Å². The average Bonchev–Trinajstić information content (AvgIpc) is 2.18. The van der Waals surface area contributed by atoms with Crippen LogP contribution in [0.3, 0.4) is 0 Å². The predicted molar refractivity (Wildman–Crippen MR) is 60.3 cm³/mol. The van der Waals surface area contributed by atoms with Crippen molar-refractivity contribution in [3.05, 3.63) is 0 Å². The molecule has 0 spiro atoms. The molecule has 0 aliphatic rings. The van der Waals surface area contributed by atoms with Crippen LogP contribution in [0.2, 0.25) is 0 Å². The summed E-state index contributed by atoms with van der Waals surface area (Å²) in [4.78, 5) is 0. The van der Waals surface area contributed by atoms with E-state index in [0.717, 1.165) is 6.42 Å². The fourth-order valence-electron chi connectivity index (χ4n) is 2.00. The van der Waals surface area contributed by atoms with Crippen molar-refractivity contribution in [2.45, 2.75) is 59.2 Å². The molecule has 0 saturated carbocycles. The molecule has 0 rings (SSSR count). The van der Waals surface area contributed by atoms with Gasteiger partial charge in [-0.1, -0.05) is 40.5 Å². The Bertz CT molecular complexity index is 136. The van der Waals surface area contributed by atoms with Crippen LogP contribution in [0.25, 0.3) is 0 Å². The van der Waals surface area contributed by atoms with Gasteiger partial charge >= 0.3 is 0 Å². The Hall–Kier alpha value is -0.0800. The van der Waals surface area contributed by atoms with Crippen molar-refractivity contribution in [1.82, 2.24) is 0 Å². The van der Waals surface area contributed by atoms with Crippen LogP contribution in [0.4, 0.5) is 0 Å². The van der Waals surface area contributed by atoms with Crippen LogP contribution in [-0.2, 0) is 4.74 Å². The molecule has 0 bridgehead atoms. The SMILES string of the molecule is CCCC(C)C(C)C(OC)C(O)CC. The van der Waals surface area contributed by atoms with E-state index in [0.29, 0.717) is 11.8 Å². The first-order valence-corrected chi connectivity index (χ1v) is 5.79. The number of ether oxygens (including phenoxy) is 1. The van der Waals surface area contributed by atoms with Crippen molar-refractivity contribution in [1.29, 1.82) is 0 Å². The van der Waals surface area contributed by atoms with Crippen LogP contribution in [0.5, 0.6) is 0 Å². The number of methoxy groups -OCH3 is 1. The van der Waals surface area contributed by atoms with E-state index >= 15 is 0 Å². The van der Waals surface area contributed by atoms with Gasteiger partial charge in [-0.15, -0.1) is 0 Å². The highest BCUT2D eigenvalue weighted by Gasteiger charge is 2.27. The van der Waals surface area contributed by atoms with Crippen molar-refractivity contribution in [2.75, 3.05) is 7.11 Å². The maximum Gasteiger partial charge on any atom is 0.0857 e. The summed E-state index contributed by atoms with van der Waals surface area (Å²) < 4.78 is 5.38. The van der Waals surface area contributed by atoms with Crippen molar-refractivity contribution >= 4 is 0 Å². The van der Waals surface area contributed by atoms with Crippen LogP contribution in [0.15, 0.2) is 0 Å². The fourth-order valence-corrected chi connectivity index (χ4v) is 2.00. The first-order valence-electron chi connectivity index (χ1n) is 5.79. The Balaban J connectivity index is 4.21. The zero-order valence-corrected chi connectivity index (χ0v) is 10.3. The monoisotopic (exact) mass is 202 g/mol. The molecule has 2 nitrogen and oxygen atoms in total. The van der Waals surface area contributed by atoms with Gasteiger partial charge in [-0.2, -0.15) is 0 Å². The summed E-state index contributed by atoms with van der Waals surface area (Å²) >= 11 is 0. The maximum atomic E-state index is 9.78. The van der Waals surface area contributed by atoms with Gasteiger partial charge in [0.1, 0.15) is 0 Å². The molecule has 86 valence electrons. The maximum absolute atomic E-state index is 9.78. The molecule has 0 aromatic carbocycles. The van der Waals surface area contributed by atoms with E-state index < -0.39 is 0 Å². The average molecular weight is 202 g/mol. The van der Waals surface area contributed by atoms with E-state index in [1.54, 1.807) is 7.11 Å². The molecule has 4 atom stereocenters. The lowest BCUT2D eigenvalue weighted by molar-refractivity contribution is -0.0556. The molecule has 0 aliphatic carbocycles. The number of rotatable bonds is 7. The molecule has 0 saturated heterocycles. The van der Waals surface area contributed by atoms with Crippen molar-refractivity contribution in [2.24, 2.45) is 11.8 Å². The fraction of sp³-hybridized carbons (Fsp3) is 1.00. The summed E-state index contributed by atoms with van der Waals surface area (Å²) in [6, 6.07) is 0. The van der Waals surface area contributed by atoms with Crippen LogP contribution < -0.4 is 0 Å². The minimum absolute atomic E-state index is 0.0125. The smallest absolute Gasteiger partial charge is 0.0857 e. The molecule has 2 heteroatoms. The number of hydrogen-bond acceptors (Lipinski definition) is 2. The highest BCUT2D eigenvalue weighted by Crippen LogP contribution is 2.24. The third kappa shape index (κ3) is 3.97. The summed E-state index contributed by atoms with van der Waals surface area (Å²) in [6.45, 7) is 8.60. The first-order chi connectivity index (χ1) is 6.58. The molecule has 0 aromatic heterocycles. The lowest BCUT2D eigenvalue weighted by Gasteiger charge is -2.30. The molecule has 0 radical (unpaired) electrons. The minimum atomic E-state index is -0.325. The number of hydrogen-bond donors (Lipinski definition) is 1. The van der Waals surface area contributed by atoms with E-state index in [1.807, 2.05) is 6.92 Å². The van der Waals surface area contributed by atoms with Gasteiger partial charge in [0.15, 0.2) is 0 Å². The van der Waals surface area contributed by atoms with Gasteiger partial charge in [-0.3, -0.25) is 0 Å². The second kappa shape index (κ2) is 7.24. The molecular weight excluding hydrogens is 176 g/mol. The molecule has 1 N–H and O–H groups in total. The summed E-state index contributed by atoms with van der Waals surface area (Å²) in [7, 11) is 1.69. The van der Waals surface area contributed by atoms with Gasteiger partial charge in [-0.05, 0) is 18.3 Å². The third-order valence-electron chi connectivity index (χ3n) is 3.23. The standard InChI is InChI=1S/C12H26O2/c1-6-8-9(3)10(4)12(14-5)11(13)7-2/h9-13H,6-8H2,1-5H3. The first kappa shape index (κ1) is 13.9. The van der Waals surface area contributed by atoms with Gasteiger partial charge in [0.2, 0.25) is 0 Å². The topological polar surface area (TPSA) is 29.5 Å². The Kier molecular flexibility index (Phi) is 7.20. The van der Waals surface area contributed by atoms with Crippen LogP contribution >= 0.6 is 0 Å². The molecule has 4 unspecified atom stereocenters. The van der Waals surface area contributed by atoms with Gasteiger partial charge in [0, 0.05) is 7.11 Å². The van der Waals surface area contributed by atoms with Crippen molar-refractivity contribution in [3.8, 4) is 0 Å². The van der Waals surface area contributed by atoms with Crippen LogP contribution in [-0.4, -0.2) is 24.4 Å². The summed E-state index contributed by atoms with van der Waals surface area (Å²) in [6.07, 6.45) is 2.83. The summed E-state index contributed by atoms with van der Waals surface area (Å²) in [5.41, 5.74) is 0. The van der Waals surface area contributed by atoms with E-state index in [1.165, 1.54) is 12.8 Å². The van der Waals surface area contributed by atoms with E-state index in [2.05, 4.69) is 20.8 Å². The van der Waals surface area contributed by atoms with Gasteiger partial charge in [-0.25, -0.2) is 0 Å². The molecular formula is C12H26O2. The molecule has 0 fully saturated rings. The van der Waals surface area contributed by atoms with E-state index in [9.17, 15) is 5.11 Å². The lowest BCUT2D eigenvalue weighted by atomic mass is 9.84. The number of aliphatic hydroxyl groups is 1. The Morgan fingerprint density at radius 1 is 1.21 bits per heavy atom. The predicted octanol–water partition coefficient (Wildman–Crippen LogP) is 2.84. The molecule has 0 amide bonds. The largest absolute Gasteiger partial charge is 0.390 e. The Morgan fingerprint density at radius 3 is 2.14 bits per heavy atom. The minimum Gasteiger partial charge on any atom is -0.390 e. The molecule has 0 aliphatic heterocycles. The van der Waals surface area contributed by atoms with Crippen molar-refractivity contribution in [3.63, 3.8) is 0 Å². The van der Waals surface area contributed by atoms with E-state index in [4.69, 9.17) is 4.74 Å². The Morgan fingerprint density at radius 2 is 1.79 bits per heavy atom. The second-order valence-corrected chi connectivity index (χ2v) is 4.30. The second-order valence-electron chi connectivity index (χ2n) is 4.30. The lowest BCUT2D eigenvalue weighted by Crippen LogP contribution is -2.36. The zero-order chi connectivity index (χ0) is 11.1. The quantitative estimate of drug-likeness (QED) is 0.688. The van der Waals surface area contributed by atoms with Crippen LogP contribution in [0.1, 0.15) is 47.0 Å². The Labute approximate surface area is 88.7 Å². The van der Waals surface area contributed by atoms with Gasteiger partial charge in [0.05, 0.1) is 12.2 Å². The van der Waals surface area contributed by atoms with Crippen LogP contribution in [0, 0.1) is 11.8 Å². The zero-order valence-electron chi connectivity index (χ0n) is 10.3. The normalized spacial score (nSPS) is 20.1. The summed E-state index contributed by atoms with van der Waals surface area (Å²) in [5.74, 6) is 1.04.